The van der Waals surface area contributed by atoms with E-state index < -0.39 is 0 Å². The van der Waals surface area contributed by atoms with E-state index in [1.807, 2.05) is 29.2 Å². The van der Waals surface area contributed by atoms with Gasteiger partial charge in [-0.2, -0.15) is 0 Å². The van der Waals surface area contributed by atoms with Crippen LogP contribution in [0.15, 0.2) is 24.3 Å². The minimum absolute atomic E-state index is 0.0275. The molecule has 2 heterocycles. The Hall–Kier alpha value is -1.10. The van der Waals surface area contributed by atoms with Crippen molar-refractivity contribution in [3.63, 3.8) is 0 Å². The fourth-order valence-electron chi connectivity index (χ4n) is 3.65. The van der Waals surface area contributed by atoms with Crippen LogP contribution in [0.3, 0.4) is 0 Å². The first-order valence-electron chi connectivity index (χ1n) is 7.76. The molecule has 0 radical (unpaired) electrons. The summed E-state index contributed by atoms with van der Waals surface area (Å²) in [6.07, 6.45) is 3.72. The van der Waals surface area contributed by atoms with Gasteiger partial charge in [0.05, 0.1) is 6.54 Å². The molecule has 1 aliphatic carbocycles. The van der Waals surface area contributed by atoms with Crippen molar-refractivity contribution < 1.29 is 4.79 Å². The van der Waals surface area contributed by atoms with Crippen molar-refractivity contribution in [3.05, 3.63) is 34.9 Å². The van der Waals surface area contributed by atoms with Crippen LogP contribution in [0.4, 0.5) is 0 Å². The van der Waals surface area contributed by atoms with Gasteiger partial charge in [-0.05, 0) is 37.0 Å². The average Bonchev–Trinajstić information content (AvgIpc) is 3.08. The third-order valence-electron chi connectivity index (χ3n) is 4.83. The number of nitrogens with one attached hydrogen (secondary N) is 1. The van der Waals surface area contributed by atoms with E-state index in [1.54, 1.807) is 0 Å². The quantitative estimate of drug-likeness (QED) is 0.928. The fourth-order valence-corrected chi connectivity index (χ4v) is 3.85. The summed E-state index contributed by atoms with van der Waals surface area (Å²) in [6, 6.07) is 8.94. The average molecular weight is 306 g/mol. The molecule has 0 spiro atoms. The molecule has 2 saturated heterocycles. The first-order chi connectivity index (χ1) is 10.2. The Morgan fingerprint density at radius 2 is 2.05 bits per heavy atom. The van der Waals surface area contributed by atoms with E-state index in [4.69, 9.17) is 11.6 Å². The van der Waals surface area contributed by atoms with Gasteiger partial charge < -0.3 is 4.90 Å². The maximum Gasteiger partial charge on any atom is 0.238 e. The van der Waals surface area contributed by atoms with Crippen molar-refractivity contribution in [1.29, 1.82) is 0 Å². The highest BCUT2D eigenvalue weighted by Crippen LogP contribution is 2.34. The number of hydrogen-bond donors (Lipinski definition) is 1. The molecule has 1 aromatic carbocycles. The van der Waals surface area contributed by atoms with E-state index >= 15 is 0 Å². The lowest BCUT2D eigenvalue weighted by Crippen LogP contribution is -2.41. The van der Waals surface area contributed by atoms with Gasteiger partial charge in [0, 0.05) is 30.2 Å². The smallest absolute Gasteiger partial charge is 0.238 e. The number of benzene rings is 1. The molecule has 2 unspecified atom stereocenters. The molecule has 3 fully saturated rings. The van der Waals surface area contributed by atoms with Gasteiger partial charge in [-0.1, -0.05) is 23.7 Å². The van der Waals surface area contributed by atoms with E-state index in [-0.39, 0.29) is 12.1 Å². The monoisotopic (exact) mass is 305 g/mol. The van der Waals surface area contributed by atoms with E-state index in [0.29, 0.717) is 12.6 Å². The number of amides is 1. The van der Waals surface area contributed by atoms with Crippen molar-refractivity contribution >= 4 is 17.5 Å². The molecule has 0 aromatic heterocycles. The lowest BCUT2D eigenvalue weighted by Gasteiger charge is -2.30. The van der Waals surface area contributed by atoms with Gasteiger partial charge in [-0.25, -0.2) is 0 Å². The predicted octanol–water partition coefficient (Wildman–Crippen LogP) is 2.01. The summed E-state index contributed by atoms with van der Waals surface area (Å²) < 4.78 is 0. The number of nitrogens with zero attached hydrogens (tertiary/aromatic N) is 2. The molecule has 112 valence electrons. The molecule has 1 saturated carbocycles. The zero-order chi connectivity index (χ0) is 14.4. The van der Waals surface area contributed by atoms with Crippen LogP contribution in [-0.2, 0) is 4.79 Å². The predicted molar refractivity (Wildman–Crippen MR) is 82.0 cm³/mol. The van der Waals surface area contributed by atoms with Crippen molar-refractivity contribution in [2.24, 2.45) is 0 Å². The highest BCUT2D eigenvalue weighted by atomic mass is 35.5. The Kier molecular flexibility index (Phi) is 3.40. The topological polar surface area (TPSA) is 35.6 Å². The third-order valence-corrected chi connectivity index (χ3v) is 5.06. The Balaban J connectivity index is 1.55. The lowest BCUT2D eigenvalue weighted by atomic mass is 10.1. The second-order valence-electron chi connectivity index (χ2n) is 6.31. The molecule has 21 heavy (non-hydrogen) atoms. The number of carbonyl (C=O) groups is 1. The van der Waals surface area contributed by atoms with Crippen LogP contribution >= 0.6 is 11.6 Å². The lowest BCUT2D eigenvalue weighted by molar-refractivity contribution is -0.130. The summed E-state index contributed by atoms with van der Waals surface area (Å²) in [5.41, 5.74) is 1.08. The molecule has 3 aliphatic rings. The van der Waals surface area contributed by atoms with Crippen LogP contribution in [0.2, 0.25) is 5.02 Å². The van der Waals surface area contributed by atoms with Crippen molar-refractivity contribution in [2.75, 3.05) is 19.6 Å². The number of halogens is 1. The van der Waals surface area contributed by atoms with Crippen LogP contribution in [0.1, 0.15) is 31.0 Å². The minimum Gasteiger partial charge on any atom is -0.317 e. The number of rotatable bonds is 3. The molecule has 4 rings (SSSR count). The zero-order valence-electron chi connectivity index (χ0n) is 12.0. The summed E-state index contributed by atoms with van der Waals surface area (Å²) >= 11 is 6.10. The summed E-state index contributed by atoms with van der Waals surface area (Å²) in [7, 11) is 0. The maximum absolute atomic E-state index is 12.3. The van der Waals surface area contributed by atoms with Gasteiger partial charge in [0.15, 0.2) is 0 Å². The molecule has 1 amide bonds. The molecular formula is C16H20ClN3O. The van der Waals surface area contributed by atoms with Crippen LogP contribution in [-0.4, -0.2) is 47.4 Å². The summed E-state index contributed by atoms with van der Waals surface area (Å²) in [5.74, 6) is 0.211. The van der Waals surface area contributed by atoms with Gasteiger partial charge in [-0.15, -0.1) is 0 Å². The van der Waals surface area contributed by atoms with E-state index in [1.165, 1.54) is 12.8 Å². The molecule has 2 atom stereocenters. The molecule has 1 N–H and O–H groups in total. The fraction of sp³-hybridized carbons (Fsp3) is 0.562. The van der Waals surface area contributed by atoms with Crippen molar-refractivity contribution in [1.82, 2.24) is 15.1 Å². The standard InChI is InChI=1S/C16H20ClN3O/c17-12-3-1-2-11(8-12)16-18-9-15(21)20(16)14-6-7-19(10-14)13-4-5-13/h1-3,8,13-14,16,18H,4-7,9-10H2. The Morgan fingerprint density at radius 3 is 2.81 bits per heavy atom. The first kappa shape index (κ1) is 13.6. The van der Waals surface area contributed by atoms with Crippen molar-refractivity contribution in [2.45, 2.75) is 37.5 Å². The highest BCUT2D eigenvalue weighted by Gasteiger charge is 2.42. The number of likely N-dealkylation sites (tertiary alicyclic amines) is 1. The second kappa shape index (κ2) is 5.27. The number of carbonyl (C=O) groups excluding carboxylic acids is 1. The van der Waals surface area contributed by atoms with E-state index in [2.05, 4.69) is 10.2 Å². The SMILES string of the molecule is O=C1CNC(c2cccc(Cl)c2)N1C1CCN(C2CC2)C1. The summed E-state index contributed by atoms with van der Waals surface area (Å²) in [5, 5.41) is 4.06. The molecule has 0 bridgehead atoms. The van der Waals surface area contributed by atoms with E-state index in [0.717, 1.165) is 36.1 Å². The van der Waals surface area contributed by atoms with Gasteiger partial charge in [0.1, 0.15) is 6.17 Å². The molecular weight excluding hydrogens is 286 g/mol. The Bertz CT molecular complexity index is 560. The van der Waals surface area contributed by atoms with Gasteiger partial charge in [-0.3, -0.25) is 15.0 Å². The third kappa shape index (κ3) is 2.56. The molecule has 1 aromatic rings. The number of hydrogen-bond acceptors (Lipinski definition) is 3. The van der Waals surface area contributed by atoms with E-state index in [9.17, 15) is 4.79 Å². The van der Waals surface area contributed by atoms with Crippen LogP contribution < -0.4 is 5.32 Å². The Morgan fingerprint density at radius 1 is 1.19 bits per heavy atom. The highest BCUT2D eigenvalue weighted by molar-refractivity contribution is 6.30. The van der Waals surface area contributed by atoms with Gasteiger partial charge >= 0.3 is 0 Å². The minimum atomic E-state index is -0.0275. The molecule has 5 heteroatoms. The summed E-state index contributed by atoms with van der Waals surface area (Å²) in [6.45, 7) is 2.58. The van der Waals surface area contributed by atoms with Crippen LogP contribution in [0.25, 0.3) is 0 Å². The molecule has 2 aliphatic heterocycles. The van der Waals surface area contributed by atoms with Crippen molar-refractivity contribution in [3.8, 4) is 0 Å². The summed E-state index contributed by atoms with van der Waals surface area (Å²) in [4.78, 5) is 16.9. The van der Waals surface area contributed by atoms with Crippen LogP contribution in [0.5, 0.6) is 0 Å². The molecule has 4 nitrogen and oxygen atoms in total. The second-order valence-corrected chi connectivity index (χ2v) is 6.74. The van der Waals surface area contributed by atoms with Gasteiger partial charge in [0.2, 0.25) is 5.91 Å². The first-order valence-corrected chi connectivity index (χ1v) is 8.14. The van der Waals surface area contributed by atoms with Gasteiger partial charge in [0.25, 0.3) is 0 Å². The maximum atomic E-state index is 12.3. The Labute approximate surface area is 130 Å². The van der Waals surface area contributed by atoms with Crippen LogP contribution in [0, 0.1) is 0 Å². The largest absolute Gasteiger partial charge is 0.317 e. The normalized spacial score (nSPS) is 30.3. The zero-order valence-corrected chi connectivity index (χ0v) is 12.7.